The second-order valence-electron chi connectivity index (χ2n) is 11.7. The van der Waals surface area contributed by atoms with Crippen molar-refractivity contribution in [2.24, 2.45) is 17.3 Å². The van der Waals surface area contributed by atoms with E-state index in [1.807, 2.05) is 32.0 Å². The van der Waals surface area contributed by atoms with Crippen molar-refractivity contribution in [1.82, 2.24) is 4.98 Å². The van der Waals surface area contributed by atoms with E-state index in [1.165, 1.54) is 5.57 Å². The molecule has 1 aromatic heterocycles. The average molecular weight is 544 g/mol. The minimum absolute atomic E-state index is 0.0425. The highest BCUT2D eigenvalue weighted by atomic mass is 32.1. The van der Waals surface area contributed by atoms with Crippen LogP contribution in [0.3, 0.4) is 0 Å². The maximum atomic E-state index is 13.7. The number of nitrogens with zero attached hydrogens (tertiary/aromatic N) is 1. The van der Waals surface area contributed by atoms with Crippen molar-refractivity contribution >= 4 is 33.3 Å². The number of rotatable bonds is 3. The number of thiazole rings is 1. The third-order valence-corrected chi connectivity index (χ3v) is 9.11. The number of ether oxygens (including phenoxy) is 2. The molecule has 0 amide bonds. The zero-order valence-electron chi connectivity index (χ0n) is 23.1. The molecule has 7 nitrogen and oxygen atoms in total. The van der Waals surface area contributed by atoms with Crippen LogP contribution in [0.1, 0.15) is 82.9 Å². The molecule has 0 aliphatic carbocycles. The van der Waals surface area contributed by atoms with Gasteiger partial charge in [0, 0.05) is 12.3 Å². The number of aryl methyl sites for hydroxylation is 1. The van der Waals surface area contributed by atoms with Crippen LogP contribution < -0.4 is 0 Å². The molecule has 1 aromatic carbocycles. The molecule has 1 saturated heterocycles. The second kappa shape index (κ2) is 11.9. The lowest BCUT2D eigenvalue weighted by Crippen LogP contribution is -2.47. The van der Waals surface area contributed by atoms with Crippen molar-refractivity contribution in [3.05, 3.63) is 40.4 Å². The first-order valence-corrected chi connectivity index (χ1v) is 14.5. The van der Waals surface area contributed by atoms with Gasteiger partial charge in [0.05, 0.1) is 52.0 Å². The molecule has 208 valence electrons. The van der Waals surface area contributed by atoms with Gasteiger partial charge in [0.2, 0.25) is 0 Å². The Bertz CT molecular complexity index is 1180. The fourth-order valence-electron chi connectivity index (χ4n) is 5.34. The number of epoxide rings is 1. The molecule has 2 aliphatic heterocycles. The molecular formula is C30H41NO6S. The van der Waals surface area contributed by atoms with E-state index in [0.29, 0.717) is 19.4 Å². The fourth-order valence-corrected chi connectivity index (χ4v) is 6.15. The predicted molar refractivity (Wildman–Crippen MR) is 148 cm³/mol. The summed E-state index contributed by atoms with van der Waals surface area (Å²) in [5, 5.41) is 23.3. The van der Waals surface area contributed by atoms with Gasteiger partial charge in [-0.3, -0.25) is 9.59 Å². The number of aliphatic hydroxyl groups is 2. The maximum Gasteiger partial charge on any atom is 0.309 e. The Morgan fingerprint density at radius 3 is 2.63 bits per heavy atom. The Kier molecular flexibility index (Phi) is 9.07. The molecule has 3 heterocycles. The molecule has 1 fully saturated rings. The van der Waals surface area contributed by atoms with Crippen LogP contribution >= 0.6 is 11.3 Å². The van der Waals surface area contributed by atoms with E-state index in [4.69, 9.17) is 9.47 Å². The predicted octanol–water partition coefficient (Wildman–Crippen LogP) is 5.46. The summed E-state index contributed by atoms with van der Waals surface area (Å²) in [7, 11) is 0. The summed E-state index contributed by atoms with van der Waals surface area (Å²) in [6.45, 7) is 9.90. The van der Waals surface area contributed by atoms with E-state index in [9.17, 15) is 19.8 Å². The number of aromatic nitrogens is 1. The number of carbonyl (C=O) groups excluding carboxylic acids is 2. The Balaban J connectivity index is 1.61. The van der Waals surface area contributed by atoms with Gasteiger partial charge in [-0.1, -0.05) is 38.5 Å². The van der Waals surface area contributed by atoms with Crippen LogP contribution in [0.2, 0.25) is 0 Å². The third-order valence-electron chi connectivity index (χ3n) is 8.15. The van der Waals surface area contributed by atoms with E-state index >= 15 is 0 Å². The monoisotopic (exact) mass is 543 g/mol. The number of cyclic esters (lactones) is 1. The molecule has 8 heteroatoms. The number of esters is 1. The van der Waals surface area contributed by atoms with Gasteiger partial charge in [0.15, 0.2) is 0 Å². The summed E-state index contributed by atoms with van der Waals surface area (Å²) < 4.78 is 12.4. The third kappa shape index (κ3) is 6.89. The molecule has 6 atom stereocenters. The Morgan fingerprint density at radius 2 is 1.92 bits per heavy atom. The highest BCUT2D eigenvalue weighted by Crippen LogP contribution is 2.37. The van der Waals surface area contributed by atoms with Gasteiger partial charge < -0.3 is 19.7 Å². The van der Waals surface area contributed by atoms with Crippen LogP contribution in [0.4, 0.5) is 0 Å². The number of allylic oxidation sites excluding steroid dienone is 1. The smallest absolute Gasteiger partial charge is 0.309 e. The zero-order chi connectivity index (χ0) is 27.6. The lowest BCUT2D eigenvalue weighted by Gasteiger charge is -2.36. The molecule has 2 aliphatic rings. The van der Waals surface area contributed by atoms with Crippen molar-refractivity contribution in [3.63, 3.8) is 0 Å². The number of carbonyl (C=O) groups is 2. The molecule has 38 heavy (non-hydrogen) atoms. The molecular weight excluding hydrogens is 502 g/mol. The summed E-state index contributed by atoms with van der Waals surface area (Å²) in [5.41, 5.74) is 1.68. The molecule has 2 N–H and O–H groups in total. The van der Waals surface area contributed by atoms with Crippen molar-refractivity contribution < 1.29 is 29.3 Å². The normalized spacial score (nSPS) is 31.6. The van der Waals surface area contributed by atoms with Crippen molar-refractivity contribution in [2.75, 3.05) is 6.61 Å². The first-order chi connectivity index (χ1) is 18.0. The van der Waals surface area contributed by atoms with Crippen LogP contribution in [0.15, 0.2) is 29.8 Å². The van der Waals surface area contributed by atoms with E-state index < -0.39 is 35.6 Å². The lowest BCUT2D eigenvalue weighted by molar-refractivity contribution is -0.156. The number of aliphatic hydroxyl groups excluding tert-OH is 2. The van der Waals surface area contributed by atoms with Gasteiger partial charge in [0.1, 0.15) is 11.9 Å². The summed E-state index contributed by atoms with van der Waals surface area (Å²) >= 11 is 1.62. The number of Topliss-reactive ketones (excluding diaryl/α,β-unsaturated/α-hetero) is 1. The first-order valence-electron chi connectivity index (χ1n) is 13.7. The summed E-state index contributed by atoms with van der Waals surface area (Å²) in [6, 6.07) is 5.94. The highest BCUT2D eigenvalue weighted by molar-refractivity contribution is 7.18. The van der Waals surface area contributed by atoms with Gasteiger partial charge in [0.25, 0.3) is 0 Å². The number of hydrogen-bond acceptors (Lipinski definition) is 8. The lowest BCUT2D eigenvalue weighted by atomic mass is 9.71. The van der Waals surface area contributed by atoms with Gasteiger partial charge >= 0.3 is 5.97 Å². The van der Waals surface area contributed by atoms with Gasteiger partial charge in [-0.2, -0.15) is 0 Å². The summed E-state index contributed by atoms with van der Waals surface area (Å²) in [5.74, 6) is -1.55. The number of benzene rings is 1. The molecule has 0 bridgehead atoms. The SMILES string of the molecule is CC1=CC[C@@H](c2ccc3sc(C)nc3c2)OC(=O)C[C@H](O)C(C)(C)C(=O)[C@H](CC2CO2)C(O)[C@@H](C)CCC1. The molecule has 2 aromatic rings. The summed E-state index contributed by atoms with van der Waals surface area (Å²) in [4.78, 5) is 31.4. The largest absolute Gasteiger partial charge is 0.457 e. The number of hydrogen-bond donors (Lipinski definition) is 2. The molecule has 4 rings (SSSR count). The van der Waals surface area contributed by atoms with E-state index in [1.54, 1.807) is 25.2 Å². The van der Waals surface area contributed by atoms with Crippen LogP contribution in [0, 0.1) is 24.2 Å². The standard InChI is InChI=1S/C30H41NO6S/c1-17-7-6-8-18(2)28(34)22(14-21-16-36-21)29(35)30(4,5)26(32)15-27(33)37-24(11-9-17)20-10-12-25-23(13-20)31-19(3)38-25/h9-10,12-13,18,21-22,24,26,28,32,34H,6-8,11,14-16H2,1-5H3/t18-,21?,22+,24-,26-,28?/m0/s1. The van der Waals surface area contributed by atoms with E-state index in [-0.39, 0.29) is 24.2 Å². The minimum atomic E-state index is -1.25. The highest BCUT2D eigenvalue weighted by Gasteiger charge is 2.46. The van der Waals surface area contributed by atoms with Crippen LogP contribution in [-0.2, 0) is 19.1 Å². The van der Waals surface area contributed by atoms with Gasteiger partial charge in [-0.25, -0.2) is 4.98 Å². The maximum absolute atomic E-state index is 13.7. The van der Waals surface area contributed by atoms with Crippen molar-refractivity contribution in [3.8, 4) is 0 Å². The minimum Gasteiger partial charge on any atom is -0.457 e. The van der Waals surface area contributed by atoms with Gasteiger partial charge in [-0.05, 0) is 63.1 Å². The molecule has 0 radical (unpaired) electrons. The second-order valence-corrected chi connectivity index (χ2v) is 12.9. The zero-order valence-corrected chi connectivity index (χ0v) is 23.9. The quantitative estimate of drug-likeness (QED) is 0.301. The topological polar surface area (TPSA) is 109 Å². The Hall–Kier alpha value is -2.13. The number of fused-ring (bicyclic) bond motifs is 1. The fraction of sp³-hybridized carbons (Fsp3) is 0.633. The Labute approximate surface area is 229 Å². The number of ketones is 1. The average Bonchev–Trinajstić information content (AvgIpc) is 3.61. The van der Waals surface area contributed by atoms with Crippen LogP contribution in [-0.4, -0.2) is 51.9 Å². The van der Waals surface area contributed by atoms with Crippen LogP contribution in [0.5, 0.6) is 0 Å². The Morgan fingerprint density at radius 1 is 1.18 bits per heavy atom. The van der Waals surface area contributed by atoms with E-state index in [0.717, 1.165) is 40.1 Å². The van der Waals surface area contributed by atoms with Crippen LogP contribution in [0.25, 0.3) is 10.2 Å². The molecule has 0 spiro atoms. The van der Waals surface area contributed by atoms with E-state index in [2.05, 4.69) is 18.0 Å². The first kappa shape index (κ1) is 28.9. The van der Waals surface area contributed by atoms with Crippen molar-refractivity contribution in [2.45, 2.75) is 97.6 Å². The van der Waals surface area contributed by atoms with Gasteiger partial charge in [-0.15, -0.1) is 11.3 Å². The summed E-state index contributed by atoms with van der Waals surface area (Å²) in [6.07, 6.45) is 2.59. The molecule has 2 unspecified atom stereocenters. The molecule has 0 saturated carbocycles. The van der Waals surface area contributed by atoms with Crippen molar-refractivity contribution in [1.29, 1.82) is 0 Å².